The summed E-state index contributed by atoms with van der Waals surface area (Å²) in [6.07, 6.45) is 0. The summed E-state index contributed by atoms with van der Waals surface area (Å²) in [5.41, 5.74) is 4.70. The van der Waals surface area contributed by atoms with Crippen molar-refractivity contribution in [2.24, 2.45) is 5.50 Å². The second kappa shape index (κ2) is 1.07. The van der Waals surface area contributed by atoms with Crippen LogP contribution in [0.4, 0.5) is 0 Å². The van der Waals surface area contributed by atoms with Crippen LogP contribution in [-0.4, -0.2) is 7.69 Å². The normalized spacial score (nSPS) is 27.5. The van der Waals surface area contributed by atoms with E-state index in [2.05, 4.69) is 8.88 Å². The maximum absolute atomic E-state index is 9.97. The molecule has 0 bridgehead atoms. The van der Waals surface area contributed by atoms with E-state index in [9.17, 15) is 4.57 Å². The molecule has 0 aromatic carbocycles. The van der Waals surface area contributed by atoms with Gasteiger partial charge in [-0.2, -0.15) is 0 Å². The Morgan fingerprint density at radius 2 is 2.00 bits per heavy atom. The van der Waals surface area contributed by atoms with E-state index in [1.807, 2.05) is 0 Å². The summed E-state index contributed by atoms with van der Waals surface area (Å²) >= 11 is 0. The molecule has 4 nitrogen and oxygen atoms in total. The largest absolute Gasteiger partial charge is 0.504 e. The molecule has 33 valence electrons. The van der Waals surface area contributed by atoms with Crippen LogP contribution in [0.2, 0.25) is 0 Å². The summed E-state index contributed by atoms with van der Waals surface area (Å²) in [6, 6.07) is 0. The predicted molar refractivity (Wildman–Crippen MR) is 19.7 cm³/mol. The highest BCUT2D eigenvalue weighted by atomic mass is 31.2. The molecular formula is H2BNO3P. The Bertz CT molecular complexity index is 93.0. The molecule has 0 aromatic rings. The van der Waals surface area contributed by atoms with E-state index in [-0.39, 0.29) is 0 Å². The zero-order valence-electron chi connectivity index (χ0n) is 2.83. The highest BCUT2D eigenvalue weighted by molar-refractivity contribution is 7.56. The van der Waals surface area contributed by atoms with Crippen molar-refractivity contribution in [2.45, 2.75) is 0 Å². The molecule has 1 radical (unpaired) electrons. The van der Waals surface area contributed by atoms with Crippen LogP contribution in [0.1, 0.15) is 0 Å². The smallest absolute Gasteiger partial charge is 0.330 e. The molecule has 1 saturated heterocycles. The Kier molecular flexibility index (Phi) is 0.775. The summed E-state index contributed by atoms with van der Waals surface area (Å²) in [6.45, 7) is 0. The van der Waals surface area contributed by atoms with Gasteiger partial charge in [-0.1, -0.05) is 0 Å². The molecule has 1 aliphatic rings. The van der Waals surface area contributed by atoms with Gasteiger partial charge in [-0.3, -0.25) is 0 Å². The van der Waals surface area contributed by atoms with E-state index in [1.54, 1.807) is 0 Å². The van der Waals surface area contributed by atoms with Gasteiger partial charge in [0.2, 0.25) is 0 Å². The summed E-state index contributed by atoms with van der Waals surface area (Å²) in [5.74, 6) is 0. The van der Waals surface area contributed by atoms with Gasteiger partial charge in [0.25, 0.3) is 0 Å². The SMILES string of the molecule is NP1(=O)O[B]O1. The van der Waals surface area contributed by atoms with Gasteiger partial charge in [-0.05, 0) is 0 Å². The van der Waals surface area contributed by atoms with E-state index in [1.165, 1.54) is 0 Å². The molecule has 1 heterocycles. The fourth-order valence-electron chi connectivity index (χ4n) is 0.128. The van der Waals surface area contributed by atoms with Gasteiger partial charge in [0.15, 0.2) is 0 Å². The van der Waals surface area contributed by atoms with Crippen molar-refractivity contribution in [3.8, 4) is 0 Å². The quantitative estimate of drug-likeness (QED) is 0.338. The van der Waals surface area contributed by atoms with Gasteiger partial charge in [-0.25, -0.2) is 10.1 Å². The van der Waals surface area contributed by atoms with E-state index in [0.29, 0.717) is 0 Å². The lowest BCUT2D eigenvalue weighted by Crippen LogP contribution is -2.19. The topological polar surface area (TPSA) is 61.6 Å². The maximum atomic E-state index is 9.97. The second-order valence-corrected chi connectivity index (χ2v) is 2.35. The summed E-state index contributed by atoms with van der Waals surface area (Å²) < 4.78 is 18.2. The molecular weight excluding hydrogens is 104 g/mol. The molecule has 0 aromatic heterocycles. The van der Waals surface area contributed by atoms with Gasteiger partial charge in [0.1, 0.15) is 0 Å². The Morgan fingerprint density at radius 3 is 2.00 bits per heavy atom. The molecule has 0 saturated carbocycles. The van der Waals surface area contributed by atoms with Crippen LogP contribution >= 0.6 is 7.75 Å². The van der Waals surface area contributed by atoms with Crippen molar-refractivity contribution in [3.05, 3.63) is 0 Å². The third kappa shape index (κ3) is 0.630. The molecule has 0 unspecified atom stereocenters. The zero-order chi connectivity index (χ0) is 4.62. The van der Waals surface area contributed by atoms with Gasteiger partial charge in [0.05, 0.1) is 0 Å². The van der Waals surface area contributed by atoms with Gasteiger partial charge >= 0.3 is 15.4 Å². The average Bonchev–Trinajstić information content (AvgIpc) is 1.32. The van der Waals surface area contributed by atoms with Crippen molar-refractivity contribution in [2.75, 3.05) is 0 Å². The first-order chi connectivity index (χ1) is 2.71. The number of hydrogen-bond acceptors (Lipinski definition) is 3. The zero-order valence-corrected chi connectivity index (χ0v) is 3.72. The van der Waals surface area contributed by atoms with Crippen molar-refractivity contribution in [3.63, 3.8) is 0 Å². The van der Waals surface area contributed by atoms with E-state index in [4.69, 9.17) is 5.50 Å². The van der Waals surface area contributed by atoms with E-state index < -0.39 is 7.75 Å². The van der Waals surface area contributed by atoms with Gasteiger partial charge < -0.3 is 8.88 Å². The Morgan fingerprint density at radius 1 is 1.67 bits per heavy atom. The molecule has 0 aliphatic carbocycles. The van der Waals surface area contributed by atoms with Crippen molar-refractivity contribution in [1.29, 1.82) is 0 Å². The van der Waals surface area contributed by atoms with Crippen molar-refractivity contribution < 1.29 is 13.4 Å². The van der Waals surface area contributed by atoms with E-state index >= 15 is 0 Å². The van der Waals surface area contributed by atoms with Crippen molar-refractivity contribution >= 4 is 15.4 Å². The lowest BCUT2D eigenvalue weighted by molar-refractivity contribution is 0.304. The Balaban J connectivity index is 2.53. The van der Waals surface area contributed by atoms with Gasteiger partial charge in [0, 0.05) is 0 Å². The van der Waals surface area contributed by atoms with Crippen LogP contribution in [0.3, 0.4) is 0 Å². The molecule has 2 N–H and O–H groups in total. The molecule has 6 heteroatoms. The minimum absolute atomic E-state index is 0.945. The molecule has 6 heavy (non-hydrogen) atoms. The predicted octanol–water partition coefficient (Wildman–Crippen LogP) is -0.366. The van der Waals surface area contributed by atoms with Crippen LogP contribution in [0.5, 0.6) is 0 Å². The highest BCUT2D eigenvalue weighted by Crippen LogP contribution is 2.45. The van der Waals surface area contributed by atoms with Crippen LogP contribution in [-0.2, 0) is 13.4 Å². The Labute approximate surface area is 35.5 Å². The van der Waals surface area contributed by atoms with Crippen LogP contribution < -0.4 is 5.50 Å². The number of hydrogen-bond donors (Lipinski definition) is 1. The monoisotopic (exact) mass is 106 g/mol. The Hall–Kier alpha value is 0.175. The summed E-state index contributed by atoms with van der Waals surface area (Å²) in [7, 11) is -2.08. The molecule has 1 aliphatic heterocycles. The van der Waals surface area contributed by atoms with E-state index in [0.717, 1.165) is 7.69 Å². The van der Waals surface area contributed by atoms with Crippen LogP contribution in [0.15, 0.2) is 0 Å². The first kappa shape index (κ1) is 4.34. The lowest BCUT2D eigenvalue weighted by atomic mass is 10.4. The fourth-order valence-corrected chi connectivity index (χ4v) is 0.384. The first-order valence-corrected chi connectivity index (χ1v) is 2.89. The minimum Gasteiger partial charge on any atom is -0.330 e. The molecule has 1 fully saturated rings. The minimum atomic E-state index is -3.02. The average molecular weight is 106 g/mol. The standard InChI is InChI=1S/BH2NO3P/c2-6(3)4-1-5-6/h(H2,2,3). The molecule has 0 spiro atoms. The highest BCUT2D eigenvalue weighted by Gasteiger charge is 2.30. The molecule has 0 atom stereocenters. The molecule has 0 amide bonds. The van der Waals surface area contributed by atoms with Crippen LogP contribution in [0, 0.1) is 0 Å². The van der Waals surface area contributed by atoms with Crippen LogP contribution in [0.25, 0.3) is 0 Å². The number of nitrogens with two attached hydrogens (primary N) is 1. The fraction of sp³-hybridized carbons (Fsp3) is 0. The summed E-state index contributed by atoms with van der Waals surface area (Å²) in [4.78, 5) is 0. The lowest BCUT2D eigenvalue weighted by Gasteiger charge is -2.19. The summed E-state index contributed by atoms with van der Waals surface area (Å²) in [5, 5.41) is 0. The van der Waals surface area contributed by atoms with Crippen molar-refractivity contribution in [1.82, 2.24) is 0 Å². The molecule has 1 rings (SSSR count). The first-order valence-electron chi connectivity index (χ1n) is 1.28. The second-order valence-electron chi connectivity index (χ2n) is 0.847. The third-order valence-electron chi connectivity index (χ3n) is 0.380. The van der Waals surface area contributed by atoms with Gasteiger partial charge in [-0.15, -0.1) is 0 Å². The maximum Gasteiger partial charge on any atom is 0.504 e. The number of rotatable bonds is 0. The third-order valence-corrected chi connectivity index (χ3v) is 1.14.